The molecular weight excluding hydrogens is 132 g/mol. The number of rotatable bonds is 0. The van der Waals surface area contributed by atoms with Crippen molar-refractivity contribution < 1.29 is 0 Å². The third-order valence-electron chi connectivity index (χ3n) is 2.07. The molecule has 1 rings (SSSR count). The van der Waals surface area contributed by atoms with Crippen LogP contribution in [0.3, 0.4) is 0 Å². The zero-order valence-corrected chi connectivity index (χ0v) is 6.53. The van der Waals surface area contributed by atoms with Crippen LogP contribution in [0, 0.1) is 12.8 Å². The van der Waals surface area contributed by atoms with Gasteiger partial charge in [0.05, 0.1) is 0 Å². The highest BCUT2D eigenvalue weighted by atomic mass is 35.5. The molecule has 0 aromatic carbocycles. The maximum absolute atomic E-state index is 6.01. The van der Waals surface area contributed by atoms with Crippen molar-refractivity contribution in [2.24, 2.45) is 5.92 Å². The van der Waals surface area contributed by atoms with Gasteiger partial charge in [-0.2, -0.15) is 0 Å². The Hall–Kier alpha value is 0.290. The van der Waals surface area contributed by atoms with E-state index in [9.17, 15) is 0 Å². The quantitative estimate of drug-likeness (QED) is 0.363. The van der Waals surface area contributed by atoms with Gasteiger partial charge in [-0.3, -0.25) is 0 Å². The lowest BCUT2D eigenvalue weighted by atomic mass is 10.0. The maximum atomic E-state index is 6.01. The molecule has 0 N–H and O–H groups in total. The van der Waals surface area contributed by atoms with Gasteiger partial charge in [0, 0.05) is 5.38 Å². The van der Waals surface area contributed by atoms with Gasteiger partial charge in [-0.05, 0) is 25.7 Å². The van der Waals surface area contributed by atoms with Crippen molar-refractivity contribution >= 4 is 11.6 Å². The van der Waals surface area contributed by atoms with Crippen molar-refractivity contribution in [2.75, 3.05) is 0 Å². The van der Waals surface area contributed by atoms with E-state index >= 15 is 0 Å². The zero-order chi connectivity index (χ0) is 6.69. The molecule has 0 saturated heterocycles. The van der Waals surface area contributed by atoms with Gasteiger partial charge in [-0.1, -0.05) is 19.3 Å². The van der Waals surface area contributed by atoms with Crippen LogP contribution in [0.25, 0.3) is 0 Å². The van der Waals surface area contributed by atoms with Crippen molar-refractivity contribution in [3.8, 4) is 0 Å². The topological polar surface area (TPSA) is 0 Å². The predicted molar refractivity (Wildman–Crippen MR) is 41.6 cm³/mol. The van der Waals surface area contributed by atoms with Gasteiger partial charge >= 0.3 is 0 Å². The number of hydrogen-bond acceptors (Lipinski definition) is 0. The Morgan fingerprint density at radius 3 is 2.56 bits per heavy atom. The van der Waals surface area contributed by atoms with Crippen LogP contribution in [-0.2, 0) is 0 Å². The molecule has 0 nitrogen and oxygen atoms in total. The Morgan fingerprint density at radius 1 is 1.11 bits per heavy atom. The molecule has 0 spiro atoms. The van der Waals surface area contributed by atoms with Gasteiger partial charge in [0.15, 0.2) is 0 Å². The monoisotopic (exact) mass is 145 g/mol. The summed E-state index contributed by atoms with van der Waals surface area (Å²) in [6, 6.07) is 0. The van der Waals surface area contributed by atoms with Crippen LogP contribution in [-0.4, -0.2) is 5.38 Å². The Bertz CT molecular complexity index is 70.6. The highest BCUT2D eigenvalue weighted by molar-refractivity contribution is 6.20. The maximum Gasteiger partial charge on any atom is 0.0364 e. The van der Waals surface area contributed by atoms with Gasteiger partial charge in [-0.25, -0.2) is 0 Å². The van der Waals surface area contributed by atoms with Crippen LogP contribution in [0.15, 0.2) is 0 Å². The highest BCUT2D eigenvalue weighted by Gasteiger charge is 2.16. The van der Waals surface area contributed by atoms with E-state index in [-0.39, 0.29) is 0 Å². The minimum atomic E-state index is 0.354. The standard InChI is InChI=1S/C8H14Cl/c1-7-5-3-2-4-6-8(7)9/h7-8H,1-6H2. The summed E-state index contributed by atoms with van der Waals surface area (Å²) in [6.07, 6.45) is 6.40. The van der Waals surface area contributed by atoms with Crippen LogP contribution in [0.1, 0.15) is 32.1 Å². The first-order chi connectivity index (χ1) is 4.30. The molecule has 0 bridgehead atoms. The summed E-state index contributed by atoms with van der Waals surface area (Å²) in [7, 11) is 0. The second-order valence-electron chi connectivity index (χ2n) is 2.91. The molecule has 0 heterocycles. The van der Waals surface area contributed by atoms with Crippen LogP contribution < -0.4 is 0 Å². The summed E-state index contributed by atoms with van der Waals surface area (Å²) in [5.41, 5.74) is 0. The minimum absolute atomic E-state index is 0.354. The van der Waals surface area contributed by atoms with Crippen molar-refractivity contribution in [1.82, 2.24) is 0 Å². The molecule has 1 saturated carbocycles. The molecule has 1 aliphatic rings. The van der Waals surface area contributed by atoms with Gasteiger partial charge < -0.3 is 0 Å². The normalized spacial score (nSPS) is 38.0. The molecular formula is C8H14Cl. The number of hydrogen-bond donors (Lipinski definition) is 0. The summed E-state index contributed by atoms with van der Waals surface area (Å²) in [5.74, 6) is 0.508. The van der Waals surface area contributed by atoms with Crippen molar-refractivity contribution in [3.63, 3.8) is 0 Å². The predicted octanol–water partition coefficient (Wildman–Crippen LogP) is 3.01. The smallest absolute Gasteiger partial charge is 0.0364 e. The van der Waals surface area contributed by atoms with E-state index in [0.29, 0.717) is 11.3 Å². The first-order valence-electron chi connectivity index (χ1n) is 3.78. The highest BCUT2D eigenvalue weighted by Crippen LogP contribution is 2.26. The van der Waals surface area contributed by atoms with E-state index in [2.05, 4.69) is 6.92 Å². The molecule has 1 heteroatoms. The van der Waals surface area contributed by atoms with Crippen molar-refractivity contribution in [3.05, 3.63) is 6.92 Å². The van der Waals surface area contributed by atoms with E-state index in [4.69, 9.17) is 11.6 Å². The molecule has 53 valence electrons. The SMILES string of the molecule is [CH2]C1CCCCCC1Cl. The van der Waals surface area contributed by atoms with Crippen molar-refractivity contribution in [1.29, 1.82) is 0 Å². The van der Waals surface area contributed by atoms with Gasteiger partial charge in [-0.15, -0.1) is 11.6 Å². The van der Waals surface area contributed by atoms with Gasteiger partial charge in [0.25, 0.3) is 0 Å². The lowest BCUT2D eigenvalue weighted by Gasteiger charge is -2.12. The van der Waals surface area contributed by atoms with Crippen LogP contribution in [0.2, 0.25) is 0 Å². The summed E-state index contributed by atoms with van der Waals surface area (Å²) in [5, 5.41) is 0.354. The fourth-order valence-corrected chi connectivity index (χ4v) is 1.62. The van der Waals surface area contributed by atoms with E-state index in [1.54, 1.807) is 0 Å². The van der Waals surface area contributed by atoms with E-state index < -0.39 is 0 Å². The Kier molecular flexibility index (Phi) is 2.84. The molecule has 2 unspecified atom stereocenters. The van der Waals surface area contributed by atoms with E-state index in [0.717, 1.165) is 0 Å². The van der Waals surface area contributed by atoms with Crippen molar-refractivity contribution in [2.45, 2.75) is 37.5 Å². The van der Waals surface area contributed by atoms with Crippen LogP contribution >= 0.6 is 11.6 Å². The lowest BCUT2D eigenvalue weighted by molar-refractivity contribution is 0.563. The Morgan fingerprint density at radius 2 is 1.78 bits per heavy atom. The second kappa shape index (κ2) is 3.46. The van der Waals surface area contributed by atoms with Crippen LogP contribution in [0.5, 0.6) is 0 Å². The molecule has 0 aromatic heterocycles. The van der Waals surface area contributed by atoms with Crippen LogP contribution in [0.4, 0.5) is 0 Å². The largest absolute Gasteiger partial charge is 0.123 e. The third-order valence-corrected chi connectivity index (χ3v) is 2.64. The molecule has 1 radical (unpaired) electrons. The minimum Gasteiger partial charge on any atom is -0.123 e. The van der Waals surface area contributed by atoms with E-state index in [1.165, 1.54) is 32.1 Å². The molecule has 1 fully saturated rings. The Balaban J connectivity index is 2.32. The van der Waals surface area contributed by atoms with Gasteiger partial charge in [0.1, 0.15) is 0 Å². The summed E-state index contributed by atoms with van der Waals surface area (Å²) >= 11 is 6.01. The van der Waals surface area contributed by atoms with E-state index in [1.807, 2.05) is 0 Å². The summed E-state index contributed by atoms with van der Waals surface area (Å²) < 4.78 is 0. The zero-order valence-electron chi connectivity index (χ0n) is 5.78. The first kappa shape index (κ1) is 7.40. The molecule has 1 aliphatic carbocycles. The summed E-state index contributed by atoms with van der Waals surface area (Å²) in [6.45, 7) is 4.01. The fraction of sp³-hybridized carbons (Fsp3) is 0.875. The third kappa shape index (κ3) is 2.17. The fourth-order valence-electron chi connectivity index (χ4n) is 1.34. The molecule has 0 aliphatic heterocycles. The Labute approximate surface area is 62.6 Å². The van der Waals surface area contributed by atoms with Gasteiger partial charge in [0.2, 0.25) is 0 Å². The first-order valence-corrected chi connectivity index (χ1v) is 4.21. The average Bonchev–Trinajstić information content (AvgIpc) is 1.99. The average molecular weight is 146 g/mol. The molecule has 0 aromatic rings. The lowest BCUT2D eigenvalue weighted by Crippen LogP contribution is -2.08. The molecule has 9 heavy (non-hydrogen) atoms. The molecule has 0 amide bonds. The number of alkyl halides is 1. The molecule has 2 atom stereocenters. The summed E-state index contributed by atoms with van der Waals surface area (Å²) in [4.78, 5) is 0. The second-order valence-corrected chi connectivity index (χ2v) is 3.47. The number of halogens is 1.